The Morgan fingerprint density at radius 3 is 2.33 bits per heavy atom. The van der Waals surface area contributed by atoms with Crippen molar-refractivity contribution in [1.29, 1.82) is 0 Å². The number of carboxylic acid groups (broad SMARTS) is 1. The van der Waals surface area contributed by atoms with Crippen LogP contribution < -0.4 is 4.74 Å². The second kappa shape index (κ2) is 8.46. The van der Waals surface area contributed by atoms with Crippen molar-refractivity contribution in [2.24, 2.45) is 11.3 Å². The molecule has 0 aromatic heterocycles. The normalized spacial score (nSPS) is 23.2. The summed E-state index contributed by atoms with van der Waals surface area (Å²) in [6.07, 6.45) is 3.72. The van der Waals surface area contributed by atoms with Crippen molar-refractivity contribution in [3.05, 3.63) is 42.0 Å². The van der Waals surface area contributed by atoms with Crippen LogP contribution in [-0.4, -0.2) is 41.5 Å². The number of fused-ring (bicyclic) bond motifs is 1. The first kappa shape index (κ1) is 21.0. The first-order chi connectivity index (χ1) is 14.3. The molecule has 5 nitrogen and oxygen atoms in total. The van der Waals surface area contributed by atoms with Crippen LogP contribution in [0.15, 0.2) is 36.4 Å². The van der Waals surface area contributed by atoms with Crippen LogP contribution in [0.3, 0.4) is 0 Å². The number of hydrogen-bond acceptors (Lipinski definition) is 4. The van der Waals surface area contributed by atoms with E-state index in [1.54, 1.807) is 0 Å². The van der Waals surface area contributed by atoms with E-state index >= 15 is 0 Å². The van der Waals surface area contributed by atoms with Gasteiger partial charge in [0.2, 0.25) is 0 Å². The van der Waals surface area contributed by atoms with Gasteiger partial charge in [0, 0.05) is 19.6 Å². The van der Waals surface area contributed by atoms with Crippen molar-refractivity contribution in [1.82, 2.24) is 4.90 Å². The van der Waals surface area contributed by atoms with Gasteiger partial charge in [0.15, 0.2) is 0 Å². The molecule has 162 valence electrons. The van der Waals surface area contributed by atoms with Crippen LogP contribution in [0.25, 0.3) is 10.8 Å². The molecule has 30 heavy (non-hydrogen) atoms. The standard InChI is InChI=1S/C25H33NO4/c1-25(2,3)20-7-10-21(11-8-20)29-22-9-6-18-12-17(4-5-19(18)13-22)14-26-15-23(16-26)30-24(27)28/h4-6,9,12-13,20-21,23H,7-8,10-11,14-16H2,1-3H3,(H,27,28). The first-order valence-electron chi connectivity index (χ1n) is 11.1. The Kier molecular flexibility index (Phi) is 5.92. The maximum atomic E-state index is 10.6. The number of rotatable bonds is 5. The number of ether oxygens (including phenoxy) is 2. The molecule has 1 saturated heterocycles. The van der Waals surface area contributed by atoms with Gasteiger partial charge >= 0.3 is 6.16 Å². The second-order valence-electron chi connectivity index (χ2n) is 10.0. The number of benzene rings is 2. The van der Waals surface area contributed by atoms with E-state index in [-0.39, 0.29) is 6.10 Å². The molecule has 1 saturated carbocycles. The number of likely N-dealkylation sites (tertiary alicyclic amines) is 1. The van der Waals surface area contributed by atoms with Crippen molar-refractivity contribution in [2.45, 2.75) is 65.2 Å². The average Bonchev–Trinajstić information content (AvgIpc) is 2.66. The van der Waals surface area contributed by atoms with Gasteiger partial charge in [0.1, 0.15) is 11.9 Å². The third-order valence-electron chi connectivity index (χ3n) is 6.68. The maximum absolute atomic E-state index is 10.6. The lowest BCUT2D eigenvalue weighted by Gasteiger charge is -2.37. The summed E-state index contributed by atoms with van der Waals surface area (Å²) >= 11 is 0. The quantitative estimate of drug-likeness (QED) is 0.639. The minimum absolute atomic E-state index is 0.193. The lowest BCUT2D eigenvalue weighted by Crippen LogP contribution is -2.52. The summed E-state index contributed by atoms with van der Waals surface area (Å²) in [4.78, 5) is 12.8. The fraction of sp³-hybridized carbons (Fsp3) is 0.560. The summed E-state index contributed by atoms with van der Waals surface area (Å²) in [6, 6.07) is 12.9. The van der Waals surface area contributed by atoms with E-state index in [0.717, 1.165) is 31.1 Å². The molecule has 0 radical (unpaired) electrons. The molecule has 2 aliphatic rings. The van der Waals surface area contributed by atoms with E-state index in [1.165, 1.54) is 29.2 Å². The molecule has 2 aromatic rings. The molecule has 2 fully saturated rings. The summed E-state index contributed by atoms with van der Waals surface area (Å²) in [7, 11) is 0. The summed E-state index contributed by atoms with van der Waals surface area (Å²) in [5.41, 5.74) is 1.62. The van der Waals surface area contributed by atoms with Gasteiger partial charge < -0.3 is 14.6 Å². The molecule has 0 bridgehead atoms. The van der Waals surface area contributed by atoms with Crippen molar-refractivity contribution >= 4 is 16.9 Å². The molecular formula is C25H33NO4. The highest BCUT2D eigenvalue weighted by atomic mass is 16.7. The molecule has 1 aliphatic carbocycles. The Balaban J connectivity index is 1.32. The van der Waals surface area contributed by atoms with Gasteiger partial charge in [-0.05, 0) is 71.6 Å². The molecule has 0 amide bonds. The lowest BCUT2D eigenvalue weighted by molar-refractivity contribution is -0.0363. The van der Waals surface area contributed by atoms with Gasteiger partial charge in [0.05, 0.1) is 6.10 Å². The van der Waals surface area contributed by atoms with Crippen LogP contribution in [0.5, 0.6) is 5.75 Å². The predicted octanol–water partition coefficient (Wildman–Crippen LogP) is 5.70. The molecule has 1 aliphatic heterocycles. The molecule has 0 atom stereocenters. The van der Waals surface area contributed by atoms with Gasteiger partial charge in [-0.3, -0.25) is 4.90 Å². The van der Waals surface area contributed by atoms with Crippen LogP contribution in [0, 0.1) is 11.3 Å². The molecule has 2 aromatic carbocycles. The van der Waals surface area contributed by atoms with Crippen molar-refractivity contribution in [2.75, 3.05) is 13.1 Å². The zero-order valence-electron chi connectivity index (χ0n) is 18.3. The Bertz CT molecular complexity index is 890. The molecule has 4 rings (SSSR count). The second-order valence-corrected chi connectivity index (χ2v) is 10.0. The molecule has 0 unspecified atom stereocenters. The van der Waals surface area contributed by atoms with E-state index in [1.807, 2.05) is 0 Å². The van der Waals surface area contributed by atoms with Gasteiger partial charge in [0.25, 0.3) is 0 Å². The third kappa shape index (κ3) is 5.07. The summed E-state index contributed by atoms with van der Waals surface area (Å²) in [6.45, 7) is 9.18. The number of nitrogens with zero attached hydrogens (tertiary/aromatic N) is 1. The lowest BCUT2D eigenvalue weighted by atomic mass is 9.72. The van der Waals surface area contributed by atoms with Crippen molar-refractivity contribution in [3.63, 3.8) is 0 Å². The Labute approximate surface area is 179 Å². The van der Waals surface area contributed by atoms with Gasteiger partial charge in [-0.2, -0.15) is 0 Å². The van der Waals surface area contributed by atoms with Crippen LogP contribution in [0.4, 0.5) is 4.79 Å². The Hall–Kier alpha value is -2.27. The molecule has 5 heteroatoms. The smallest absolute Gasteiger partial charge is 0.490 e. The van der Waals surface area contributed by atoms with Crippen LogP contribution in [0.1, 0.15) is 52.0 Å². The largest absolute Gasteiger partial charge is 0.506 e. The highest BCUT2D eigenvalue weighted by molar-refractivity contribution is 5.84. The maximum Gasteiger partial charge on any atom is 0.506 e. The molecule has 1 N–H and O–H groups in total. The fourth-order valence-electron chi connectivity index (χ4n) is 4.81. The summed E-state index contributed by atoms with van der Waals surface area (Å²) in [5, 5.41) is 11.1. The predicted molar refractivity (Wildman–Crippen MR) is 118 cm³/mol. The highest BCUT2D eigenvalue weighted by Crippen LogP contribution is 2.39. The highest BCUT2D eigenvalue weighted by Gasteiger charge is 2.31. The van der Waals surface area contributed by atoms with E-state index in [9.17, 15) is 4.79 Å². The van der Waals surface area contributed by atoms with E-state index in [2.05, 4.69) is 62.1 Å². The van der Waals surface area contributed by atoms with E-state index in [0.29, 0.717) is 24.6 Å². The fourth-order valence-corrected chi connectivity index (χ4v) is 4.81. The number of hydrogen-bond donors (Lipinski definition) is 1. The van der Waals surface area contributed by atoms with Crippen LogP contribution >= 0.6 is 0 Å². The molecular weight excluding hydrogens is 378 g/mol. The van der Waals surface area contributed by atoms with E-state index in [4.69, 9.17) is 14.6 Å². The Morgan fingerprint density at radius 1 is 1.00 bits per heavy atom. The van der Waals surface area contributed by atoms with Crippen LogP contribution in [-0.2, 0) is 11.3 Å². The third-order valence-corrected chi connectivity index (χ3v) is 6.68. The van der Waals surface area contributed by atoms with Crippen molar-refractivity contribution < 1.29 is 19.4 Å². The van der Waals surface area contributed by atoms with Crippen LogP contribution in [0.2, 0.25) is 0 Å². The van der Waals surface area contributed by atoms with Crippen molar-refractivity contribution in [3.8, 4) is 5.75 Å². The zero-order chi connectivity index (χ0) is 21.3. The summed E-state index contributed by atoms with van der Waals surface area (Å²) < 4.78 is 11.1. The van der Waals surface area contributed by atoms with Gasteiger partial charge in [-0.15, -0.1) is 0 Å². The SMILES string of the molecule is CC(C)(C)C1CCC(Oc2ccc3cc(CN4CC(OC(=O)O)C4)ccc3c2)CC1. The van der Waals surface area contributed by atoms with E-state index < -0.39 is 6.16 Å². The molecule has 0 spiro atoms. The van der Waals surface area contributed by atoms with Gasteiger partial charge in [-0.25, -0.2) is 4.79 Å². The minimum Gasteiger partial charge on any atom is -0.490 e. The average molecular weight is 412 g/mol. The topological polar surface area (TPSA) is 59.0 Å². The van der Waals surface area contributed by atoms with Gasteiger partial charge in [-0.1, -0.05) is 39.0 Å². The summed E-state index contributed by atoms with van der Waals surface area (Å²) in [5.74, 6) is 1.76. The minimum atomic E-state index is -1.19. The Morgan fingerprint density at radius 2 is 1.67 bits per heavy atom. The zero-order valence-corrected chi connectivity index (χ0v) is 18.3. The number of carbonyl (C=O) groups is 1. The molecule has 1 heterocycles. The first-order valence-corrected chi connectivity index (χ1v) is 11.1. The monoisotopic (exact) mass is 411 g/mol.